The number of hydrogen-bond donors (Lipinski definition) is 2. The van der Waals surface area contributed by atoms with Gasteiger partial charge in [-0.05, 0) is 44.4 Å². The highest BCUT2D eigenvalue weighted by molar-refractivity contribution is 5.93. The van der Waals surface area contributed by atoms with Crippen LogP contribution in [0.15, 0.2) is 23.1 Å². The molecule has 2 aromatic rings. The van der Waals surface area contributed by atoms with Gasteiger partial charge >= 0.3 is 5.97 Å². The van der Waals surface area contributed by atoms with Crippen molar-refractivity contribution in [1.29, 1.82) is 0 Å². The lowest BCUT2D eigenvalue weighted by Crippen LogP contribution is -2.40. The maximum atomic E-state index is 14.8. The number of rotatable bonds is 3. The van der Waals surface area contributed by atoms with Crippen LogP contribution in [0.1, 0.15) is 30.1 Å². The first-order chi connectivity index (χ1) is 12.5. The van der Waals surface area contributed by atoms with Gasteiger partial charge in [0.2, 0.25) is 5.43 Å². The van der Waals surface area contributed by atoms with Gasteiger partial charge in [0, 0.05) is 37.3 Å². The number of aromatic nitrogens is 1. The average Bonchev–Trinajstić information content (AvgIpc) is 3.05. The Labute approximate surface area is 162 Å². The number of benzene rings is 1. The topological polar surface area (TPSA) is 74.6 Å². The minimum absolute atomic E-state index is 0. The van der Waals surface area contributed by atoms with E-state index < -0.39 is 17.2 Å². The van der Waals surface area contributed by atoms with E-state index >= 15 is 0 Å². The fourth-order valence-electron chi connectivity index (χ4n) is 4.30. The number of nitrogens with zero attached hydrogens (tertiary/aromatic N) is 2. The van der Waals surface area contributed by atoms with Crippen LogP contribution in [-0.4, -0.2) is 41.3 Å². The molecule has 2 aliphatic heterocycles. The summed E-state index contributed by atoms with van der Waals surface area (Å²) in [6.07, 6.45) is 3.63. The Morgan fingerprint density at radius 2 is 2.15 bits per heavy atom. The summed E-state index contributed by atoms with van der Waals surface area (Å²) in [4.78, 5) is 25.8. The van der Waals surface area contributed by atoms with Crippen LogP contribution in [0, 0.1) is 11.7 Å². The predicted molar refractivity (Wildman–Crippen MR) is 105 cm³/mol. The van der Waals surface area contributed by atoms with Crippen molar-refractivity contribution in [2.45, 2.75) is 32.4 Å². The molecule has 2 N–H and O–H groups in total. The average molecular weight is 396 g/mol. The zero-order chi connectivity index (χ0) is 18.4. The molecule has 2 saturated heterocycles. The number of aromatic carboxylic acids is 1. The molecule has 0 amide bonds. The molecule has 2 unspecified atom stereocenters. The Morgan fingerprint density at radius 1 is 1.37 bits per heavy atom. The summed E-state index contributed by atoms with van der Waals surface area (Å²) in [5.74, 6) is -1.25. The Hall–Kier alpha value is -2.12. The minimum Gasteiger partial charge on any atom is -0.477 e. The molecule has 0 bridgehead atoms. The van der Waals surface area contributed by atoms with Gasteiger partial charge in [-0.2, -0.15) is 0 Å². The lowest BCUT2D eigenvalue weighted by molar-refractivity contribution is 0.0695. The van der Waals surface area contributed by atoms with E-state index in [0.29, 0.717) is 29.7 Å². The number of carbonyl (C=O) groups is 1. The lowest BCUT2D eigenvalue weighted by Gasteiger charge is -2.24. The quantitative estimate of drug-likeness (QED) is 0.835. The third-order valence-corrected chi connectivity index (χ3v) is 5.66. The number of halogens is 2. The number of carboxylic acids is 1. The van der Waals surface area contributed by atoms with Gasteiger partial charge in [-0.25, -0.2) is 9.18 Å². The summed E-state index contributed by atoms with van der Waals surface area (Å²) in [5, 5.41) is 12.9. The van der Waals surface area contributed by atoms with Crippen LogP contribution in [-0.2, 0) is 6.54 Å². The first kappa shape index (κ1) is 19.6. The van der Waals surface area contributed by atoms with E-state index in [-0.39, 0.29) is 23.4 Å². The summed E-state index contributed by atoms with van der Waals surface area (Å²) in [7, 11) is 0. The molecule has 146 valence electrons. The number of pyridine rings is 1. The minimum atomic E-state index is -1.29. The van der Waals surface area contributed by atoms with Crippen molar-refractivity contribution >= 4 is 35.0 Å². The SMILES string of the molecule is CCn1cc(C(=O)O)c(=O)c2cc(F)c(N3CC4CCCNC4C3)cc21.Cl. The van der Waals surface area contributed by atoms with Gasteiger partial charge in [-0.1, -0.05) is 0 Å². The summed E-state index contributed by atoms with van der Waals surface area (Å²) >= 11 is 0. The fourth-order valence-corrected chi connectivity index (χ4v) is 4.30. The van der Waals surface area contributed by atoms with Crippen molar-refractivity contribution in [3.05, 3.63) is 39.9 Å². The van der Waals surface area contributed by atoms with Crippen LogP contribution in [0.3, 0.4) is 0 Å². The van der Waals surface area contributed by atoms with Crippen molar-refractivity contribution in [2.75, 3.05) is 24.5 Å². The van der Waals surface area contributed by atoms with Crippen LogP contribution < -0.4 is 15.6 Å². The van der Waals surface area contributed by atoms with Crippen molar-refractivity contribution in [2.24, 2.45) is 5.92 Å². The molecule has 4 rings (SSSR count). The number of piperidine rings is 1. The molecule has 6 nitrogen and oxygen atoms in total. The van der Waals surface area contributed by atoms with E-state index in [4.69, 9.17) is 0 Å². The summed E-state index contributed by atoms with van der Waals surface area (Å²) in [6, 6.07) is 3.26. The largest absolute Gasteiger partial charge is 0.477 e. The molecule has 0 radical (unpaired) electrons. The lowest BCUT2D eigenvalue weighted by atomic mass is 9.94. The maximum absolute atomic E-state index is 14.8. The number of aryl methyl sites for hydroxylation is 1. The van der Waals surface area contributed by atoms with Gasteiger partial charge in [-0.15, -0.1) is 12.4 Å². The highest BCUT2D eigenvalue weighted by Gasteiger charge is 2.35. The molecular weight excluding hydrogens is 373 g/mol. The molecule has 2 atom stereocenters. The number of fused-ring (bicyclic) bond motifs is 2. The second kappa shape index (κ2) is 7.48. The van der Waals surface area contributed by atoms with Crippen LogP contribution in [0.4, 0.5) is 10.1 Å². The molecule has 0 aliphatic carbocycles. The van der Waals surface area contributed by atoms with Crippen LogP contribution in [0.5, 0.6) is 0 Å². The molecule has 1 aromatic carbocycles. The highest BCUT2D eigenvalue weighted by Crippen LogP contribution is 2.32. The molecule has 2 fully saturated rings. The monoisotopic (exact) mass is 395 g/mol. The molecule has 1 aromatic heterocycles. The third kappa shape index (κ3) is 3.30. The summed E-state index contributed by atoms with van der Waals surface area (Å²) < 4.78 is 16.5. The Kier molecular flexibility index (Phi) is 5.44. The molecule has 0 spiro atoms. The van der Waals surface area contributed by atoms with E-state index in [1.54, 1.807) is 10.6 Å². The van der Waals surface area contributed by atoms with Gasteiger partial charge in [0.05, 0.1) is 11.2 Å². The van der Waals surface area contributed by atoms with E-state index in [9.17, 15) is 19.1 Å². The predicted octanol–water partition coefficient (Wildman–Crippen LogP) is 2.47. The van der Waals surface area contributed by atoms with Gasteiger partial charge in [0.25, 0.3) is 0 Å². The molecule has 27 heavy (non-hydrogen) atoms. The summed E-state index contributed by atoms with van der Waals surface area (Å²) in [6.45, 7) is 4.91. The number of carboxylic acid groups (broad SMARTS) is 1. The van der Waals surface area contributed by atoms with Crippen LogP contribution >= 0.6 is 12.4 Å². The van der Waals surface area contributed by atoms with Crippen molar-refractivity contribution in [3.8, 4) is 0 Å². The molecule has 2 aliphatic rings. The van der Waals surface area contributed by atoms with Gasteiger partial charge in [-0.3, -0.25) is 4.79 Å². The highest BCUT2D eigenvalue weighted by atomic mass is 35.5. The standard InChI is InChI=1S/C19H22FN3O3.ClH/c1-2-22-9-13(19(25)26)18(24)12-6-14(20)17(7-16(12)22)23-8-11-4-3-5-21-15(11)10-23;/h6-7,9,11,15,21H,2-5,8,10H2,1H3,(H,25,26);1H. The Balaban J connectivity index is 0.00000210. The van der Waals surface area contributed by atoms with Crippen LogP contribution in [0.2, 0.25) is 0 Å². The zero-order valence-electron chi connectivity index (χ0n) is 15.1. The van der Waals surface area contributed by atoms with Crippen molar-refractivity contribution in [3.63, 3.8) is 0 Å². The normalized spacial score (nSPS) is 21.8. The van der Waals surface area contributed by atoms with E-state index in [1.165, 1.54) is 12.3 Å². The van der Waals surface area contributed by atoms with E-state index in [2.05, 4.69) is 5.32 Å². The van der Waals surface area contributed by atoms with Gasteiger partial charge in [0.1, 0.15) is 11.4 Å². The first-order valence-electron chi connectivity index (χ1n) is 9.08. The Bertz CT molecular complexity index is 932. The van der Waals surface area contributed by atoms with E-state index in [0.717, 1.165) is 32.5 Å². The molecule has 8 heteroatoms. The molecular formula is C19H23ClFN3O3. The fraction of sp³-hybridized carbons (Fsp3) is 0.474. The maximum Gasteiger partial charge on any atom is 0.341 e. The number of anilines is 1. The summed E-state index contributed by atoms with van der Waals surface area (Å²) in [5.41, 5.74) is 0.0856. The first-order valence-corrected chi connectivity index (χ1v) is 9.08. The smallest absolute Gasteiger partial charge is 0.341 e. The zero-order valence-corrected chi connectivity index (χ0v) is 15.9. The number of hydrogen-bond acceptors (Lipinski definition) is 4. The molecule has 0 saturated carbocycles. The number of nitrogens with one attached hydrogen (secondary N) is 1. The van der Waals surface area contributed by atoms with E-state index in [1.807, 2.05) is 11.8 Å². The second-order valence-electron chi connectivity index (χ2n) is 7.15. The van der Waals surface area contributed by atoms with Gasteiger partial charge < -0.3 is 19.9 Å². The van der Waals surface area contributed by atoms with Gasteiger partial charge in [0.15, 0.2) is 0 Å². The van der Waals surface area contributed by atoms with Crippen LogP contribution in [0.25, 0.3) is 10.9 Å². The third-order valence-electron chi connectivity index (χ3n) is 5.66. The van der Waals surface area contributed by atoms with Crippen molar-refractivity contribution < 1.29 is 14.3 Å². The Morgan fingerprint density at radius 3 is 2.81 bits per heavy atom. The molecule has 3 heterocycles. The van der Waals surface area contributed by atoms with Crippen molar-refractivity contribution in [1.82, 2.24) is 9.88 Å². The second-order valence-corrected chi connectivity index (χ2v) is 7.15.